The van der Waals surface area contributed by atoms with Crippen molar-refractivity contribution in [2.45, 2.75) is 207 Å². The van der Waals surface area contributed by atoms with Gasteiger partial charge in [-0.3, -0.25) is 24.5 Å². The number of aliphatic hydroxyl groups excluding tert-OH is 1. The van der Waals surface area contributed by atoms with Crippen LogP contribution in [-0.4, -0.2) is 172 Å². The van der Waals surface area contributed by atoms with Crippen molar-refractivity contribution in [2.75, 3.05) is 33.3 Å². The van der Waals surface area contributed by atoms with Gasteiger partial charge < -0.3 is 69.4 Å². The SMILES string of the molecule is C=C1C2O[C@@H](CC[C@@H]3O[C@@H](CC[C@@]45C[C@H]6OC7C(O[C@H]8CC[C@H](CC(=O)C[C@H]9C2O[C@H](C[C@H](C)CNC(O)CNC(=O)[C@H](Cc2ccccc2)NC(=O)CNC(=O)CN)[C@@H]9OC)O[C@@H]8[C@@H]7O4)[C@H]6O5)CC3=C)C[C@H]1C. The van der Waals surface area contributed by atoms with Gasteiger partial charge in [-0.25, -0.2) is 0 Å². The summed E-state index contributed by atoms with van der Waals surface area (Å²) in [4.78, 5) is 52.4. The predicted octanol–water partition coefficient (Wildman–Crippen LogP) is 2.19. The molecule has 10 heterocycles. The fourth-order valence-electron chi connectivity index (χ4n) is 13.5. The van der Waals surface area contributed by atoms with Gasteiger partial charge in [0.05, 0.1) is 74.6 Å². The molecule has 408 valence electrons. The first kappa shape index (κ1) is 53.7. The summed E-state index contributed by atoms with van der Waals surface area (Å²) in [6.45, 7) is 12.9. The maximum absolute atomic E-state index is 14.5. The Labute approximate surface area is 434 Å². The molecular formula is C55H79N5O14. The van der Waals surface area contributed by atoms with Crippen LogP contribution in [0.1, 0.15) is 96.5 Å². The number of Topliss-reactive ketones (excluding diaryl/α,β-unsaturated/α-hetero) is 1. The number of amides is 3. The van der Waals surface area contributed by atoms with E-state index in [0.29, 0.717) is 32.2 Å². The number of carbonyl (C=O) groups excluding carboxylic acids is 4. The van der Waals surface area contributed by atoms with E-state index in [1.807, 2.05) is 37.3 Å². The fraction of sp³-hybridized carbons (Fsp3) is 0.745. The van der Waals surface area contributed by atoms with Gasteiger partial charge in [-0.2, -0.15) is 0 Å². The van der Waals surface area contributed by atoms with Crippen LogP contribution in [-0.2, 0) is 68.2 Å². The van der Waals surface area contributed by atoms with Gasteiger partial charge in [-0.1, -0.05) is 57.3 Å². The predicted molar refractivity (Wildman–Crippen MR) is 267 cm³/mol. The Morgan fingerprint density at radius 3 is 2.38 bits per heavy atom. The third-order valence-corrected chi connectivity index (χ3v) is 17.3. The molecule has 5 unspecified atom stereocenters. The van der Waals surface area contributed by atoms with Gasteiger partial charge in [0, 0.05) is 51.7 Å². The zero-order valence-electron chi connectivity index (χ0n) is 43.2. The van der Waals surface area contributed by atoms with Crippen molar-refractivity contribution in [1.82, 2.24) is 21.3 Å². The van der Waals surface area contributed by atoms with Crippen LogP contribution in [0.4, 0.5) is 0 Å². The Kier molecular flexibility index (Phi) is 16.8. The maximum atomic E-state index is 14.5. The van der Waals surface area contributed by atoms with Gasteiger partial charge >= 0.3 is 0 Å². The van der Waals surface area contributed by atoms with E-state index in [1.165, 1.54) is 0 Å². The molecule has 0 radical (unpaired) electrons. The van der Waals surface area contributed by atoms with Crippen LogP contribution < -0.4 is 27.0 Å². The molecule has 21 atom stereocenters. The van der Waals surface area contributed by atoms with Crippen molar-refractivity contribution in [1.29, 1.82) is 0 Å². The number of aliphatic hydroxyl groups is 1. The average Bonchev–Trinajstić information content (AvgIpc) is 4.08. The molecule has 11 rings (SSSR count). The minimum absolute atomic E-state index is 0.00354. The molecule has 3 amide bonds. The first-order valence-electron chi connectivity index (χ1n) is 27.3. The monoisotopic (exact) mass is 1030 g/mol. The molecular weight excluding hydrogens is 955 g/mol. The zero-order valence-corrected chi connectivity index (χ0v) is 43.2. The van der Waals surface area contributed by atoms with Crippen molar-refractivity contribution in [3.8, 4) is 0 Å². The van der Waals surface area contributed by atoms with E-state index in [2.05, 4.69) is 41.3 Å². The van der Waals surface area contributed by atoms with Crippen molar-refractivity contribution in [2.24, 2.45) is 23.5 Å². The highest BCUT2D eigenvalue weighted by molar-refractivity contribution is 5.90. The Morgan fingerprint density at radius 1 is 0.824 bits per heavy atom. The number of rotatable bonds is 15. The molecule has 10 aliphatic rings. The summed E-state index contributed by atoms with van der Waals surface area (Å²) in [6.07, 6.45) is 2.45. The minimum Gasteiger partial charge on any atom is -0.378 e. The van der Waals surface area contributed by atoms with Crippen molar-refractivity contribution in [3.05, 3.63) is 60.2 Å². The molecule has 10 aliphatic heterocycles. The van der Waals surface area contributed by atoms with Crippen LogP contribution in [0.3, 0.4) is 0 Å². The first-order valence-corrected chi connectivity index (χ1v) is 27.3. The summed E-state index contributed by atoms with van der Waals surface area (Å²) in [7, 11) is 1.67. The number of fused-ring (bicyclic) bond motifs is 7. The number of hydrogen-bond donors (Lipinski definition) is 6. The number of nitrogens with two attached hydrogens (primary N) is 1. The lowest BCUT2D eigenvalue weighted by Crippen LogP contribution is -2.61. The van der Waals surface area contributed by atoms with Gasteiger partial charge in [0.15, 0.2) is 5.79 Å². The third-order valence-electron chi connectivity index (χ3n) is 17.3. The van der Waals surface area contributed by atoms with Crippen LogP contribution >= 0.6 is 0 Å². The normalized spacial score (nSPS) is 40.7. The summed E-state index contributed by atoms with van der Waals surface area (Å²) in [5.41, 5.74) is 8.21. The highest BCUT2D eigenvalue weighted by Crippen LogP contribution is 2.54. The summed E-state index contributed by atoms with van der Waals surface area (Å²) in [5.74, 6) is -2.57. The highest BCUT2D eigenvalue weighted by atomic mass is 16.8. The third kappa shape index (κ3) is 11.7. The Balaban J connectivity index is 0.808. The topological polar surface area (TPSA) is 246 Å². The molecule has 0 aliphatic carbocycles. The quantitative estimate of drug-likeness (QED) is 0.109. The molecule has 1 aromatic carbocycles. The molecule has 10 saturated heterocycles. The summed E-state index contributed by atoms with van der Waals surface area (Å²) >= 11 is 0. The molecule has 7 N–H and O–H groups in total. The molecule has 0 aromatic heterocycles. The number of carbonyl (C=O) groups is 4. The standard InChI is InChI=1S/C55H79N5O14/c1-28(25-57-44(63)26-59-54(65)38(20-32-9-7-6-8-10-32)60-45(64)27-58-43(62)24-56)17-41-47(66-5)37-22-33(61)21-35-12-14-40-49(69-35)53-52-51(70-40)50-42(72-52)23-55(73-50,74-53)16-15-36-19-30(3)39(67-36)13-11-34-18-29(2)31(4)46(68-34)48(37)71-41/h6-10,28-29,34-42,44,46-53,57,63H,3-4,11-27,56H2,1-2,5H3,(H,58,62)(H,59,65)(H,60,64)/t28-,29+,34-,35+,36-,37+,38-,39-,40-,41+,42+,44?,46?,47+,48?,49-,50-,51?,52?,53-,55-/m0/s1. The van der Waals surface area contributed by atoms with Crippen LogP contribution in [0.2, 0.25) is 0 Å². The van der Waals surface area contributed by atoms with Crippen LogP contribution in [0.5, 0.6) is 0 Å². The molecule has 1 aromatic rings. The smallest absolute Gasteiger partial charge is 0.243 e. The fourth-order valence-corrected chi connectivity index (χ4v) is 13.5. The van der Waals surface area contributed by atoms with E-state index in [9.17, 15) is 24.3 Å². The number of nitrogens with one attached hydrogen (secondary N) is 4. The lowest BCUT2D eigenvalue weighted by molar-refractivity contribution is -0.292. The van der Waals surface area contributed by atoms with Gasteiger partial charge in [-0.05, 0) is 79.9 Å². The van der Waals surface area contributed by atoms with Crippen molar-refractivity contribution >= 4 is 23.5 Å². The summed E-state index contributed by atoms with van der Waals surface area (Å²) in [5, 5.41) is 22.1. The molecule has 19 nitrogen and oxygen atoms in total. The number of ketones is 1. The van der Waals surface area contributed by atoms with E-state index < -0.39 is 66.3 Å². The van der Waals surface area contributed by atoms with E-state index in [4.69, 9.17) is 48.4 Å². The molecule has 1 spiro atoms. The second-order valence-corrected chi connectivity index (χ2v) is 22.7. The molecule has 0 saturated carbocycles. The Morgan fingerprint density at radius 2 is 1.58 bits per heavy atom. The van der Waals surface area contributed by atoms with Gasteiger partial charge in [0.1, 0.15) is 54.7 Å². The summed E-state index contributed by atoms with van der Waals surface area (Å²) < 4.78 is 61.3. The average molecular weight is 1030 g/mol. The highest BCUT2D eigenvalue weighted by Gasteiger charge is 2.69. The Hall–Kier alpha value is -3.70. The summed E-state index contributed by atoms with van der Waals surface area (Å²) in [6, 6.07) is 8.25. The number of methoxy groups -OCH3 is 1. The van der Waals surface area contributed by atoms with E-state index in [1.54, 1.807) is 7.11 Å². The number of hydrogen-bond acceptors (Lipinski definition) is 16. The number of ether oxygens (including phenoxy) is 9. The molecule has 19 heteroatoms. The van der Waals surface area contributed by atoms with Crippen LogP contribution in [0.15, 0.2) is 54.6 Å². The lowest BCUT2D eigenvalue weighted by atomic mass is 9.79. The zero-order chi connectivity index (χ0) is 51.8. The van der Waals surface area contributed by atoms with E-state index >= 15 is 0 Å². The molecule has 12 bridgehead atoms. The van der Waals surface area contributed by atoms with Crippen molar-refractivity contribution < 1.29 is 66.9 Å². The van der Waals surface area contributed by atoms with Crippen LogP contribution in [0.25, 0.3) is 0 Å². The molecule has 10 fully saturated rings. The van der Waals surface area contributed by atoms with Crippen LogP contribution in [0, 0.1) is 17.8 Å². The maximum Gasteiger partial charge on any atom is 0.243 e. The Bertz CT molecular complexity index is 2210. The largest absolute Gasteiger partial charge is 0.378 e. The first-order chi connectivity index (χ1) is 35.7. The van der Waals surface area contributed by atoms with Gasteiger partial charge in [-0.15, -0.1) is 0 Å². The second kappa shape index (κ2) is 23.1. The molecule has 74 heavy (non-hydrogen) atoms. The minimum atomic E-state index is -1.12. The second-order valence-electron chi connectivity index (χ2n) is 22.7. The van der Waals surface area contributed by atoms with Crippen molar-refractivity contribution in [3.63, 3.8) is 0 Å². The number of benzene rings is 1. The van der Waals surface area contributed by atoms with Gasteiger partial charge in [0.25, 0.3) is 0 Å². The van der Waals surface area contributed by atoms with E-state index in [0.717, 1.165) is 55.2 Å². The van der Waals surface area contributed by atoms with E-state index in [-0.39, 0.29) is 123 Å². The van der Waals surface area contributed by atoms with Gasteiger partial charge in [0.2, 0.25) is 17.7 Å². The lowest BCUT2D eigenvalue weighted by Gasteiger charge is -2.47.